The first-order chi connectivity index (χ1) is 11.6. The van der Waals surface area contributed by atoms with Crippen molar-refractivity contribution in [2.24, 2.45) is 7.05 Å². The van der Waals surface area contributed by atoms with E-state index in [1.165, 1.54) is 56.1 Å². The fourth-order valence-electron chi connectivity index (χ4n) is 2.27. The van der Waals surface area contributed by atoms with E-state index in [1.54, 1.807) is 6.07 Å². The molecule has 0 aromatic carbocycles. The van der Waals surface area contributed by atoms with Gasteiger partial charge in [-0.05, 0) is 0 Å². The van der Waals surface area contributed by atoms with Crippen LogP contribution in [0.5, 0.6) is 5.88 Å². The molecule has 2 N–H and O–H groups in total. The molecule has 3 rings (SSSR count). The molecule has 0 aliphatic heterocycles. The van der Waals surface area contributed by atoms with Gasteiger partial charge in [0.05, 0.1) is 6.20 Å². The minimum absolute atomic E-state index is 0.0300. The zero-order chi connectivity index (χ0) is 17.4. The van der Waals surface area contributed by atoms with Crippen LogP contribution in [0.3, 0.4) is 0 Å². The minimum atomic E-state index is -2.59. The number of aromatic amines is 1. The van der Waals surface area contributed by atoms with Gasteiger partial charge in [-0.1, -0.05) is 32.1 Å². The number of aryl methyl sites for hydroxylation is 1. The quantitative estimate of drug-likeness (QED) is 0.875. The molecule has 0 atom stereocenters. The monoisotopic (exact) mass is 341 g/mol. The van der Waals surface area contributed by atoms with Gasteiger partial charge in [0, 0.05) is 19.2 Å². The third kappa shape index (κ3) is 5.64. The second-order valence-electron chi connectivity index (χ2n) is 5.39. The number of anilines is 1. The van der Waals surface area contributed by atoms with Gasteiger partial charge >= 0.3 is 0 Å². The molecular weight excluding hydrogens is 320 g/mol. The Morgan fingerprint density at radius 1 is 1.38 bits per heavy atom. The largest absolute Gasteiger partial charge is 0.471 e. The summed E-state index contributed by atoms with van der Waals surface area (Å²) in [5, 5.41) is 12.6. The molecule has 0 unspecified atom stereocenters. The third-order valence-corrected chi connectivity index (χ3v) is 3.45. The zero-order valence-corrected chi connectivity index (χ0v) is 13.5. The van der Waals surface area contributed by atoms with Crippen LogP contribution >= 0.6 is 0 Å². The summed E-state index contributed by atoms with van der Waals surface area (Å²) in [7, 11) is 1.51. The number of rotatable bonds is 5. The van der Waals surface area contributed by atoms with Crippen molar-refractivity contribution in [3.8, 4) is 5.88 Å². The summed E-state index contributed by atoms with van der Waals surface area (Å²) in [6, 6.07) is 2.86. The molecule has 0 bridgehead atoms. The maximum atomic E-state index is 12.0. The van der Waals surface area contributed by atoms with Crippen LogP contribution in [0.4, 0.5) is 14.6 Å². The van der Waals surface area contributed by atoms with Gasteiger partial charge < -0.3 is 10.1 Å². The smallest absolute Gasteiger partial charge is 0.275 e. The lowest BCUT2D eigenvalue weighted by Gasteiger charge is -2.01. The highest BCUT2D eigenvalue weighted by atomic mass is 19.3. The van der Waals surface area contributed by atoms with Gasteiger partial charge in [-0.2, -0.15) is 5.10 Å². The first kappa shape index (κ1) is 17.9. The lowest BCUT2D eigenvalue weighted by atomic mass is 10.4. The van der Waals surface area contributed by atoms with Crippen LogP contribution in [0.1, 0.15) is 42.6 Å². The van der Waals surface area contributed by atoms with Crippen LogP contribution in [0.15, 0.2) is 18.3 Å². The van der Waals surface area contributed by atoms with E-state index in [1.807, 2.05) is 0 Å². The predicted octanol–water partition coefficient (Wildman–Crippen LogP) is 2.99. The Balaban J connectivity index is 0.000000355. The van der Waals surface area contributed by atoms with E-state index in [4.69, 9.17) is 4.74 Å². The molecule has 0 radical (unpaired) electrons. The van der Waals surface area contributed by atoms with E-state index in [0.29, 0.717) is 5.82 Å². The molecule has 1 saturated carbocycles. The van der Waals surface area contributed by atoms with Crippen molar-refractivity contribution in [3.05, 3.63) is 24.0 Å². The van der Waals surface area contributed by atoms with Crippen molar-refractivity contribution < 1.29 is 18.3 Å². The summed E-state index contributed by atoms with van der Waals surface area (Å²) >= 11 is 0. The molecule has 1 aliphatic rings. The van der Waals surface area contributed by atoms with Crippen molar-refractivity contribution in [1.82, 2.24) is 20.0 Å². The van der Waals surface area contributed by atoms with Crippen LogP contribution in [0.2, 0.25) is 0 Å². The van der Waals surface area contributed by atoms with Gasteiger partial charge in [-0.15, -0.1) is 5.10 Å². The summed E-state index contributed by atoms with van der Waals surface area (Å²) in [4.78, 5) is 11.9. The Kier molecular flexibility index (Phi) is 6.71. The number of amides is 1. The van der Waals surface area contributed by atoms with E-state index in [-0.39, 0.29) is 11.6 Å². The van der Waals surface area contributed by atoms with Crippen molar-refractivity contribution in [2.75, 3.05) is 11.9 Å². The molecule has 2 aromatic rings. The molecule has 0 spiro atoms. The van der Waals surface area contributed by atoms with Crippen molar-refractivity contribution in [3.63, 3.8) is 0 Å². The molecule has 7 nitrogen and oxygen atoms in total. The molecular formula is C15H21F2N5O2. The minimum Gasteiger partial charge on any atom is -0.471 e. The van der Waals surface area contributed by atoms with Crippen LogP contribution < -0.4 is 10.1 Å². The molecule has 0 saturated heterocycles. The van der Waals surface area contributed by atoms with E-state index in [0.717, 1.165) is 0 Å². The molecule has 1 fully saturated rings. The predicted molar refractivity (Wildman–Crippen MR) is 84.3 cm³/mol. The molecule has 132 valence electrons. The van der Waals surface area contributed by atoms with Gasteiger partial charge in [-0.3, -0.25) is 14.6 Å². The Bertz CT molecular complexity index is 616. The number of hydrogen-bond donors (Lipinski definition) is 2. The number of aromatic nitrogens is 4. The SMILES string of the molecule is C1CCCC1.Cn1nc(OCC(F)F)cc1C(=O)Nc1ccn[nH]1. The highest BCUT2D eigenvalue weighted by molar-refractivity contribution is 6.02. The van der Waals surface area contributed by atoms with Crippen molar-refractivity contribution in [1.29, 1.82) is 0 Å². The van der Waals surface area contributed by atoms with Gasteiger partial charge in [0.15, 0.2) is 6.61 Å². The van der Waals surface area contributed by atoms with Crippen LogP contribution in [0.25, 0.3) is 0 Å². The topological polar surface area (TPSA) is 84.8 Å². The number of H-pyrrole nitrogens is 1. The maximum Gasteiger partial charge on any atom is 0.275 e. The molecule has 24 heavy (non-hydrogen) atoms. The fraction of sp³-hybridized carbons (Fsp3) is 0.533. The third-order valence-electron chi connectivity index (χ3n) is 3.45. The van der Waals surface area contributed by atoms with Gasteiger partial charge in [-0.25, -0.2) is 8.78 Å². The van der Waals surface area contributed by atoms with E-state index < -0.39 is 18.9 Å². The van der Waals surface area contributed by atoms with Gasteiger partial charge in [0.2, 0.25) is 5.88 Å². The van der Waals surface area contributed by atoms with E-state index in [9.17, 15) is 13.6 Å². The second kappa shape index (κ2) is 8.99. The van der Waals surface area contributed by atoms with E-state index >= 15 is 0 Å². The van der Waals surface area contributed by atoms with Crippen LogP contribution in [-0.4, -0.2) is 38.9 Å². The van der Waals surface area contributed by atoms with Crippen molar-refractivity contribution >= 4 is 11.7 Å². The number of nitrogens with one attached hydrogen (secondary N) is 2. The number of carbonyl (C=O) groups excluding carboxylic acids is 1. The Morgan fingerprint density at radius 3 is 2.58 bits per heavy atom. The van der Waals surface area contributed by atoms with Crippen LogP contribution in [-0.2, 0) is 7.05 Å². The molecule has 1 amide bonds. The second-order valence-corrected chi connectivity index (χ2v) is 5.39. The summed E-state index contributed by atoms with van der Waals surface area (Å²) in [5.41, 5.74) is 0.180. The summed E-state index contributed by atoms with van der Waals surface area (Å²) in [6.07, 6.45) is 6.39. The zero-order valence-electron chi connectivity index (χ0n) is 13.5. The highest BCUT2D eigenvalue weighted by Gasteiger charge is 2.15. The number of hydrogen-bond acceptors (Lipinski definition) is 4. The Hall–Kier alpha value is -2.45. The average molecular weight is 341 g/mol. The maximum absolute atomic E-state index is 12.0. The number of nitrogens with zero attached hydrogens (tertiary/aromatic N) is 3. The normalized spacial score (nSPS) is 13.5. The summed E-state index contributed by atoms with van der Waals surface area (Å²) in [6.45, 7) is -0.765. The number of halogens is 2. The van der Waals surface area contributed by atoms with Gasteiger partial charge in [0.1, 0.15) is 11.5 Å². The van der Waals surface area contributed by atoms with Gasteiger partial charge in [0.25, 0.3) is 12.3 Å². The number of alkyl halides is 2. The number of carbonyl (C=O) groups is 1. The average Bonchev–Trinajstić information content (AvgIpc) is 3.29. The number of ether oxygens (including phenoxy) is 1. The first-order valence-electron chi connectivity index (χ1n) is 7.82. The summed E-state index contributed by atoms with van der Waals surface area (Å²) in [5.74, 6) is -0.0649. The molecule has 9 heteroatoms. The molecule has 1 aliphatic carbocycles. The van der Waals surface area contributed by atoms with Crippen LogP contribution in [0, 0.1) is 0 Å². The Morgan fingerprint density at radius 2 is 2.04 bits per heavy atom. The lowest BCUT2D eigenvalue weighted by molar-refractivity contribution is 0.0792. The Labute approximate surface area is 138 Å². The fourth-order valence-corrected chi connectivity index (χ4v) is 2.27. The standard InChI is InChI=1S/C10H11F2N5O2.C5H10/c1-17-6(4-9(16-17)19-5-7(11)12)10(18)14-8-2-3-13-15-8;1-2-4-5-3-1/h2-4,7H,5H2,1H3,(H2,13,14,15,18);1-5H2. The first-order valence-corrected chi connectivity index (χ1v) is 7.82. The molecule has 2 heterocycles. The molecule has 2 aromatic heterocycles. The summed E-state index contributed by atoms with van der Waals surface area (Å²) < 4.78 is 30.0. The van der Waals surface area contributed by atoms with Crippen molar-refractivity contribution in [2.45, 2.75) is 38.5 Å². The highest BCUT2D eigenvalue weighted by Crippen LogP contribution is 2.15. The van der Waals surface area contributed by atoms with E-state index in [2.05, 4.69) is 20.6 Å². The lowest BCUT2D eigenvalue weighted by Crippen LogP contribution is -2.16.